The molecule has 0 radical (unpaired) electrons. The van der Waals surface area contributed by atoms with Crippen molar-refractivity contribution in [1.82, 2.24) is 10.2 Å². The van der Waals surface area contributed by atoms with Crippen LogP contribution in [0.1, 0.15) is 13.8 Å². The van der Waals surface area contributed by atoms with E-state index in [1.165, 1.54) is 12.1 Å². The van der Waals surface area contributed by atoms with E-state index in [0.717, 1.165) is 0 Å². The number of sulfone groups is 1. The van der Waals surface area contributed by atoms with Crippen LogP contribution in [0.3, 0.4) is 0 Å². The van der Waals surface area contributed by atoms with E-state index in [9.17, 15) is 13.2 Å². The van der Waals surface area contributed by atoms with Gasteiger partial charge in [0.15, 0.2) is 21.0 Å². The number of anilines is 1. The third-order valence-corrected chi connectivity index (χ3v) is 6.48. The zero-order valence-corrected chi connectivity index (χ0v) is 19.0. The first-order chi connectivity index (χ1) is 14.7. The Morgan fingerprint density at radius 1 is 1.10 bits per heavy atom. The molecular weight excluding hydrogens is 461 g/mol. The Labute approximate surface area is 190 Å². The number of carbonyl (C=O) groups excluding carboxylic acids is 1. The highest BCUT2D eigenvalue weighted by Gasteiger charge is 2.17. The summed E-state index contributed by atoms with van der Waals surface area (Å²) in [6, 6.07) is 14.7. The number of benzene rings is 2. The summed E-state index contributed by atoms with van der Waals surface area (Å²) < 4.78 is 29.4. The van der Waals surface area contributed by atoms with Crippen molar-refractivity contribution in [2.45, 2.75) is 25.0 Å². The summed E-state index contributed by atoms with van der Waals surface area (Å²) in [4.78, 5) is 12.5. The Balaban J connectivity index is 1.72. The fourth-order valence-electron chi connectivity index (χ4n) is 2.60. The van der Waals surface area contributed by atoms with Gasteiger partial charge in [0.05, 0.1) is 16.5 Å². The molecule has 0 aliphatic carbocycles. The van der Waals surface area contributed by atoms with Gasteiger partial charge in [-0.1, -0.05) is 42.3 Å². The first kappa shape index (κ1) is 23.0. The number of carbonyl (C=O) groups is 1. The van der Waals surface area contributed by atoms with Crippen molar-refractivity contribution in [3.8, 4) is 17.0 Å². The van der Waals surface area contributed by atoms with Crippen LogP contribution in [0.25, 0.3) is 11.3 Å². The van der Waals surface area contributed by atoms with E-state index in [1.807, 2.05) is 0 Å². The maximum absolute atomic E-state index is 12.5. The molecule has 2 aromatic carbocycles. The summed E-state index contributed by atoms with van der Waals surface area (Å²) in [5.41, 5.74) is 1.66. The van der Waals surface area contributed by atoms with Crippen LogP contribution < -0.4 is 10.1 Å². The molecule has 7 nitrogen and oxygen atoms in total. The number of hydrogen-bond donors (Lipinski definition) is 1. The van der Waals surface area contributed by atoms with Gasteiger partial charge in [-0.3, -0.25) is 4.79 Å². The summed E-state index contributed by atoms with van der Waals surface area (Å²) >= 11 is 12.0. The van der Waals surface area contributed by atoms with Crippen LogP contribution >= 0.6 is 23.2 Å². The van der Waals surface area contributed by atoms with Gasteiger partial charge in [-0.05, 0) is 49.4 Å². The Bertz CT molecular complexity index is 1200. The van der Waals surface area contributed by atoms with Crippen LogP contribution in [0, 0.1) is 0 Å². The first-order valence-corrected chi connectivity index (χ1v) is 11.7. The lowest BCUT2D eigenvalue weighted by Gasteiger charge is -2.16. The molecule has 0 fully saturated rings. The van der Waals surface area contributed by atoms with Crippen LogP contribution in [0.2, 0.25) is 10.0 Å². The molecule has 0 saturated carbocycles. The number of amides is 1. The molecule has 1 aromatic heterocycles. The van der Waals surface area contributed by atoms with Crippen molar-refractivity contribution < 1.29 is 17.9 Å². The van der Waals surface area contributed by atoms with Crippen LogP contribution in [-0.4, -0.2) is 36.4 Å². The molecule has 1 N–H and O–H groups in total. The van der Waals surface area contributed by atoms with E-state index in [0.29, 0.717) is 32.7 Å². The van der Waals surface area contributed by atoms with Crippen molar-refractivity contribution in [3.63, 3.8) is 0 Å². The second-order valence-corrected chi connectivity index (χ2v) is 9.63. The van der Waals surface area contributed by atoms with Gasteiger partial charge in [-0.2, -0.15) is 0 Å². The molecule has 0 aliphatic heterocycles. The molecule has 1 amide bonds. The van der Waals surface area contributed by atoms with E-state index in [4.69, 9.17) is 27.9 Å². The predicted octanol–water partition coefficient (Wildman–Crippen LogP) is 4.65. The van der Waals surface area contributed by atoms with E-state index in [1.54, 1.807) is 56.3 Å². The van der Waals surface area contributed by atoms with Crippen molar-refractivity contribution in [1.29, 1.82) is 0 Å². The van der Waals surface area contributed by atoms with E-state index < -0.39 is 15.9 Å². The number of nitrogens with zero attached hydrogens (tertiary/aromatic N) is 2. The monoisotopic (exact) mass is 479 g/mol. The number of halogens is 2. The smallest absolute Gasteiger partial charge is 0.265 e. The standard InChI is InChI=1S/C21H19Cl2N3O4S/c1-3-31(28,29)20-10-8-18(25-26-20)14-5-4-6-16(11-14)24-21(27)13(2)30-19-9-7-15(22)12-17(19)23/h4-13H,3H2,1-2H3,(H,24,27). The highest BCUT2D eigenvalue weighted by molar-refractivity contribution is 7.91. The molecule has 10 heteroatoms. The summed E-state index contributed by atoms with van der Waals surface area (Å²) in [7, 11) is -3.42. The largest absolute Gasteiger partial charge is 0.479 e. The zero-order valence-electron chi connectivity index (χ0n) is 16.7. The average molecular weight is 480 g/mol. The lowest BCUT2D eigenvalue weighted by Crippen LogP contribution is -2.30. The predicted molar refractivity (Wildman–Crippen MR) is 120 cm³/mol. The Morgan fingerprint density at radius 3 is 2.52 bits per heavy atom. The highest BCUT2D eigenvalue weighted by atomic mass is 35.5. The Hall–Kier alpha value is -2.68. The fraction of sp³-hybridized carbons (Fsp3) is 0.190. The van der Waals surface area contributed by atoms with Gasteiger partial charge in [0, 0.05) is 16.3 Å². The van der Waals surface area contributed by atoms with Gasteiger partial charge in [0.25, 0.3) is 5.91 Å². The van der Waals surface area contributed by atoms with Gasteiger partial charge >= 0.3 is 0 Å². The van der Waals surface area contributed by atoms with Crippen molar-refractivity contribution in [2.75, 3.05) is 11.1 Å². The molecule has 0 spiro atoms. The minimum absolute atomic E-state index is 0.0516. The van der Waals surface area contributed by atoms with Gasteiger partial charge in [-0.15, -0.1) is 10.2 Å². The lowest BCUT2D eigenvalue weighted by molar-refractivity contribution is -0.122. The SMILES string of the molecule is CCS(=O)(=O)c1ccc(-c2cccc(NC(=O)C(C)Oc3ccc(Cl)cc3Cl)c2)nn1. The van der Waals surface area contributed by atoms with Crippen molar-refractivity contribution in [3.05, 3.63) is 64.6 Å². The van der Waals surface area contributed by atoms with Gasteiger partial charge in [0.2, 0.25) is 0 Å². The molecule has 1 atom stereocenters. The second-order valence-electron chi connectivity index (χ2n) is 6.57. The highest BCUT2D eigenvalue weighted by Crippen LogP contribution is 2.28. The third-order valence-electron chi connectivity index (χ3n) is 4.33. The van der Waals surface area contributed by atoms with Crippen molar-refractivity contribution in [2.24, 2.45) is 0 Å². The molecule has 3 rings (SSSR count). The Kier molecular flexibility index (Phi) is 7.15. The summed E-state index contributed by atoms with van der Waals surface area (Å²) in [5, 5.41) is 11.3. The van der Waals surface area contributed by atoms with E-state index in [2.05, 4.69) is 15.5 Å². The summed E-state index contributed by atoms with van der Waals surface area (Å²) in [6.45, 7) is 3.14. The maximum atomic E-state index is 12.5. The molecule has 31 heavy (non-hydrogen) atoms. The lowest BCUT2D eigenvalue weighted by atomic mass is 10.1. The van der Waals surface area contributed by atoms with Crippen LogP contribution in [0.5, 0.6) is 5.75 Å². The van der Waals surface area contributed by atoms with Gasteiger partial charge < -0.3 is 10.1 Å². The minimum Gasteiger partial charge on any atom is -0.479 e. The zero-order chi connectivity index (χ0) is 22.6. The number of aromatic nitrogens is 2. The van der Waals surface area contributed by atoms with Crippen molar-refractivity contribution >= 4 is 44.6 Å². The number of hydrogen-bond acceptors (Lipinski definition) is 6. The van der Waals surface area contributed by atoms with Crippen LogP contribution in [-0.2, 0) is 14.6 Å². The quantitative estimate of drug-likeness (QED) is 0.529. The average Bonchev–Trinajstić information content (AvgIpc) is 2.76. The van der Waals surface area contributed by atoms with E-state index >= 15 is 0 Å². The third kappa shape index (κ3) is 5.72. The molecule has 1 unspecified atom stereocenters. The molecule has 162 valence electrons. The first-order valence-electron chi connectivity index (χ1n) is 9.29. The molecule has 0 bridgehead atoms. The number of ether oxygens (including phenoxy) is 1. The Morgan fingerprint density at radius 2 is 1.87 bits per heavy atom. The number of rotatable bonds is 7. The van der Waals surface area contributed by atoms with Crippen LogP contribution in [0.15, 0.2) is 59.6 Å². The van der Waals surface area contributed by atoms with Gasteiger partial charge in [-0.25, -0.2) is 8.42 Å². The number of nitrogens with one attached hydrogen (secondary N) is 1. The van der Waals surface area contributed by atoms with E-state index in [-0.39, 0.29) is 16.7 Å². The maximum Gasteiger partial charge on any atom is 0.265 e. The molecule has 1 heterocycles. The van der Waals surface area contributed by atoms with Gasteiger partial charge in [0.1, 0.15) is 5.75 Å². The molecule has 0 saturated heterocycles. The minimum atomic E-state index is -3.42. The normalized spacial score (nSPS) is 12.3. The summed E-state index contributed by atoms with van der Waals surface area (Å²) in [6.07, 6.45) is -0.819. The molecular formula is C21H19Cl2N3O4S. The molecule has 0 aliphatic rings. The van der Waals surface area contributed by atoms with Crippen LogP contribution in [0.4, 0.5) is 5.69 Å². The summed E-state index contributed by atoms with van der Waals surface area (Å²) in [5.74, 6) is -0.0807. The fourth-order valence-corrected chi connectivity index (χ4v) is 3.79. The second kappa shape index (κ2) is 9.64. The topological polar surface area (TPSA) is 98.2 Å². The molecule has 3 aromatic rings.